The van der Waals surface area contributed by atoms with Crippen LogP contribution in [-0.4, -0.2) is 39.0 Å². The normalized spacial score (nSPS) is 15.7. The zero-order valence-electron chi connectivity index (χ0n) is 24.8. The number of fused-ring (bicyclic) bond motifs is 2. The number of nitrogens with zero attached hydrogens (tertiary/aromatic N) is 3. The molecule has 0 radical (unpaired) electrons. The van der Waals surface area contributed by atoms with E-state index >= 15 is 8.63 Å². The third-order valence-electron chi connectivity index (χ3n) is 8.78. The van der Waals surface area contributed by atoms with Crippen LogP contribution >= 0.6 is 0 Å². The van der Waals surface area contributed by atoms with Gasteiger partial charge in [0, 0.05) is 48.0 Å². The summed E-state index contributed by atoms with van der Waals surface area (Å²) in [7, 11) is 0. The van der Waals surface area contributed by atoms with Gasteiger partial charge in [-0.1, -0.05) is 38.1 Å². The molecule has 0 saturated carbocycles. The van der Waals surface area contributed by atoms with Gasteiger partial charge >= 0.3 is 6.97 Å². The van der Waals surface area contributed by atoms with Crippen molar-refractivity contribution < 1.29 is 22.8 Å². The average Bonchev–Trinajstić information content (AvgIpc) is 3.38. The molecule has 0 spiro atoms. The van der Waals surface area contributed by atoms with Crippen LogP contribution in [0.1, 0.15) is 78.1 Å². The Kier molecular flexibility index (Phi) is 7.51. The van der Waals surface area contributed by atoms with Gasteiger partial charge in [-0.15, -0.1) is 0 Å². The van der Waals surface area contributed by atoms with Crippen molar-refractivity contribution in [3.05, 3.63) is 115 Å². The van der Waals surface area contributed by atoms with Crippen molar-refractivity contribution in [3.8, 4) is 0 Å². The molecule has 5 rings (SSSR count). The van der Waals surface area contributed by atoms with Crippen molar-refractivity contribution in [2.75, 3.05) is 6.54 Å². The number of benzene rings is 2. The fraction of sp³-hybridized carbons (Fsp3) is 0.312. The van der Waals surface area contributed by atoms with Gasteiger partial charge < -0.3 is 22.9 Å². The van der Waals surface area contributed by atoms with Crippen LogP contribution in [0.4, 0.5) is 14.3 Å². The fourth-order valence-electron chi connectivity index (χ4n) is 6.75. The predicted octanol–water partition coefficient (Wildman–Crippen LogP) is 6.76. The molecule has 0 saturated heterocycles. The lowest BCUT2D eigenvalue weighted by atomic mass is 9.83. The summed E-state index contributed by atoms with van der Waals surface area (Å²) in [6.07, 6.45) is 1.84. The molecule has 42 heavy (non-hydrogen) atoms. The van der Waals surface area contributed by atoms with Gasteiger partial charge in [0.1, 0.15) is 5.71 Å². The van der Waals surface area contributed by atoms with Crippen LogP contribution in [0.5, 0.6) is 0 Å². The van der Waals surface area contributed by atoms with E-state index in [2.05, 4.69) is 5.32 Å². The number of nitrogens with one attached hydrogen (secondary N) is 1. The van der Waals surface area contributed by atoms with Crippen LogP contribution in [0.3, 0.4) is 0 Å². The number of halogens is 2. The summed E-state index contributed by atoms with van der Waals surface area (Å²) in [6.45, 7) is 7.68. The van der Waals surface area contributed by atoms with Gasteiger partial charge in [-0.3, -0.25) is 14.9 Å². The van der Waals surface area contributed by atoms with Crippen molar-refractivity contribution in [1.82, 2.24) is 9.79 Å². The molecule has 0 aliphatic carbocycles. The number of aromatic nitrogens is 1. The topological polar surface area (TPSA) is 80.2 Å². The molecule has 0 bridgehead atoms. The van der Waals surface area contributed by atoms with Gasteiger partial charge in [0.25, 0.3) is 11.6 Å². The highest BCUT2D eigenvalue weighted by Gasteiger charge is 2.56. The Morgan fingerprint density at radius 2 is 1.64 bits per heavy atom. The molecule has 2 aliphatic rings. The average molecular weight is 572 g/mol. The molecule has 0 fully saturated rings. The quantitative estimate of drug-likeness (QED) is 0.184. The van der Waals surface area contributed by atoms with E-state index in [0.29, 0.717) is 54.2 Å². The molecule has 0 unspecified atom stereocenters. The number of allylic oxidation sites excluding steroid dienone is 2. The Balaban J connectivity index is 1.49. The Morgan fingerprint density at radius 1 is 1.00 bits per heavy atom. The number of non-ortho nitro benzene ring substituents is 1. The van der Waals surface area contributed by atoms with Crippen molar-refractivity contribution in [2.45, 2.75) is 60.8 Å². The molecular formula is C32H35BF2N4O3. The summed E-state index contributed by atoms with van der Waals surface area (Å²) in [6, 6.07) is 13.4. The number of carbonyl (C=O) groups is 1. The van der Waals surface area contributed by atoms with E-state index in [1.807, 2.05) is 39.8 Å². The molecule has 218 valence electrons. The molecule has 7 nitrogen and oxygen atoms in total. The first-order valence-corrected chi connectivity index (χ1v) is 14.4. The number of rotatable bonds is 8. The van der Waals surface area contributed by atoms with Gasteiger partial charge in [0.15, 0.2) is 5.70 Å². The summed E-state index contributed by atoms with van der Waals surface area (Å²) in [5, 5.41) is 13.7. The highest BCUT2D eigenvalue weighted by molar-refractivity contribution is 6.58. The Labute approximate surface area is 244 Å². The number of hydrogen-bond acceptors (Lipinski definition) is 3. The van der Waals surface area contributed by atoms with Crippen LogP contribution in [0.15, 0.2) is 65.4 Å². The second-order valence-corrected chi connectivity index (χ2v) is 11.0. The SMILES string of the molecule is CCC1=C(C)C2=C(c3ccc(C(=O)NCCc4ccc([N+](=O)[O-])cc4)cc3)c3c(C)c(CC)c(C)n3[B-](F)(F)[N+]2=C1C. The third kappa shape index (κ3) is 4.49. The van der Waals surface area contributed by atoms with E-state index < -0.39 is 11.9 Å². The standard InChI is InChI=1S/C32H35BF2N4O3/c1-7-27-19(3)30-29(31-20(4)28(8-2)22(6)38(31)33(34,35)37(30)21(27)5)24-11-13-25(14-12-24)32(40)36-18-17-23-9-15-26(16-10-23)39(41)42/h9-16H,7-8,17-18H2,1-6H3,(H,36,40). The minimum atomic E-state index is -4.10. The third-order valence-corrected chi connectivity index (χ3v) is 8.78. The van der Waals surface area contributed by atoms with Gasteiger partial charge in [-0.05, 0) is 80.1 Å². The lowest BCUT2D eigenvalue weighted by Gasteiger charge is -2.34. The minimum Gasteiger partial charge on any atom is -0.393 e. The zero-order chi connectivity index (χ0) is 30.5. The van der Waals surface area contributed by atoms with E-state index in [-0.39, 0.29) is 11.6 Å². The minimum absolute atomic E-state index is 0.0237. The molecule has 0 atom stereocenters. The molecule has 3 heterocycles. The van der Waals surface area contributed by atoms with Crippen molar-refractivity contribution >= 4 is 29.8 Å². The smallest absolute Gasteiger partial charge is 0.393 e. The van der Waals surface area contributed by atoms with Gasteiger partial charge in [0.05, 0.1) is 10.5 Å². The van der Waals surface area contributed by atoms with Crippen LogP contribution in [0.2, 0.25) is 0 Å². The molecule has 1 N–H and O–H groups in total. The maximum atomic E-state index is 16.4. The van der Waals surface area contributed by atoms with E-state index in [0.717, 1.165) is 39.0 Å². The Hall–Kier alpha value is -4.34. The highest BCUT2D eigenvalue weighted by Crippen LogP contribution is 2.47. The monoisotopic (exact) mass is 572 g/mol. The molecule has 3 aromatic rings. The Morgan fingerprint density at radius 3 is 2.21 bits per heavy atom. The predicted molar refractivity (Wildman–Crippen MR) is 162 cm³/mol. The number of carbonyl (C=O) groups excluding carboxylic acids is 1. The second kappa shape index (κ2) is 10.8. The van der Waals surface area contributed by atoms with Crippen molar-refractivity contribution in [2.24, 2.45) is 0 Å². The maximum absolute atomic E-state index is 16.4. The first-order chi connectivity index (χ1) is 19.9. The summed E-state index contributed by atoms with van der Waals surface area (Å²) in [5.41, 5.74) is 8.76. The molecule has 10 heteroatoms. The maximum Gasteiger partial charge on any atom is 0.737 e. The van der Waals surface area contributed by atoms with E-state index in [4.69, 9.17) is 0 Å². The van der Waals surface area contributed by atoms with Crippen LogP contribution < -0.4 is 5.32 Å². The van der Waals surface area contributed by atoms with Crippen molar-refractivity contribution in [3.63, 3.8) is 0 Å². The summed E-state index contributed by atoms with van der Waals surface area (Å²) in [4.78, 5) is 23.3. The van der Waals surface area contributed by atoms with E-state index in [1.54, 1.807) is 38.1 Å². The van der Waals surface area contributed by atoms with Gasteiger partial charge in [0.2, 0.25) is 0 Å². The van der Waals surface area contributed by atoms with Crippen molar-refractivity contribution in [1.29, 1.82) is 0 Å². The summed E-state index contributed by atoms with van der Waals surface area (Å²) < 4.78 is 35.3. The highest BCUT2D eigenvalue weighted by atomic mass is 19.2. The van der Waals surface area contributed by atoms with Crippen LogP contribution in [-0.2, 0) is 12.8 Å². The Bertz CT molecular complexity index is 1720. The first-order valence-electron chi connectivity index (χ1n) is 14.4. The number of amides is 1. The largest absolute Gasteiger partial charge is 0.737 e. The molecule has 2 aromatic carbocycles. The number of hydrogen-bond donors (Lipinski definition) is 1. The van der Waals surface area contributed by atoms with Gasteiger partial charge in [-0.25, -0.2) is 0 Å². The lowest BCUT2D eigenvalue weighted by Crippen LogP contribution is -2.51. The first kappa shape index (κ1) is 29.2. The zero-order valence-corrected chi connectivity index (χ0v) is 24.8. The molecular weight excluding hydrogens is 537 g/mol. The fourth-order valence-corrected chi connectivity index (χ4v) is 6.75. The van der Waals surface area contributed by atoms with Gasteiger partial charge in [-0.2, -0.15) is 0 Å². The lowest BCUT2D eigenvalue weighted by molar-refractivity contribution is -0.384. The van der Waals surface area contributed by atoms with E-state index in [9.17, 15) is 14.9 Å². The summed E-state index contributed by atoms with van der Waals surface area (Å²) >= 11 is 0. The van der Waals surface area contributed by atoms with Crippen LogP contribution in [0.25, 0.3) is 5.57 Å². The molecule has 2 aliphatic heterocycles. The molecule has 1 aromatic heterocycles. The second-order valence-electron chi connectivity index (χ2n) is 11.0. The number of nitro groups is 1. The summed E-state index contributed by atoms with van der Waals surface area (Å²) in [5.74, 6) is -0.251. The number of nitro benzene ring substituents is 1. The van der Waals surface area contributed by atoms with E-state index in [1.165, 1.54) is 21.1 Å². The van der Waals surface area contributed by atoms with Crippen LogP contribution in [0, 0.1) is 24.0 Å². The molecule has 1 amide bonds.